The van der Waals surface area contributed by atoms with Crippen LogP contribution in [0.2, 0.25) is 0 Å². The molecule has 0 spiro atoms. The second kappa shape index (κ2) is 7.82. The number of nitrogens with one attached hydrogen (secondary N) is 1. The average molecular weight is 286 g/mol. The van der Waals surface area contributed by atoms with Crippen molar-refractivity contribution < 1.29 is 4.74 Å². The van der Waals surface area contributed by atoms with Crippen LogP contribution in [0.3, 0.4) is 0 Å². The zero-order chi connectivity index (χ0) is 11.8. The Bertz CT molecular complexity index is 304. The molecular weight excluding hydrogens is 266 g/mol. The Labute approximate surface area is 107 Å². The van der Waals surface area contributed by atoms with E-state index in [1.54, 1.807) is 0 Å². The summed E-state index contributed by atoms with van der Waals surface area (Å²) >= 11 is 3.58. The summed E-state index contributed by atoms with van der Waals surface area (Å²) in [7, 11) is 0. The zero-order valence-electron chi connectivity index (χ0n) is 10.0. The molecule has 0 amide bonds. The Kier molecular flexibility index (Phi) is 6.69. The van der Waals surface area contributed by atoms with E-state index in [9.17, 15) is 0 Å². The molecule has 1 rings (SSSR count). The van der Waals surface area contributed by atoms with Crippen molar-refractivity contribution in [1.29, 1.82) is 0 Å². The fourth-order valence-electron chi connectivity index (χ4n) is 1.61. The van der Waals surface area contributed by atoms with Crippen molar-refractivity contribution in [2.75, 3.05) is 19.8 Å². The van der Waals surface area contributed by atoms with Gasteiger partial charge in [0.15, 0.2) is 0 Å². The summed E-state index contributed by atoms with van der Waals surface area (Å²) in [5, 5.41) is 3.44. The van der Waals surface area contributed by atoms with Gasteiger partial charge >= 0.3 is 0 Å². The standard InChI is InChI=1S/C13H20BrNO/c1-3-9-16-10-13(15-4-2)11-7-5-6-8-12(11)14/h5-8,13,15H,3-4,9-10H2,1-2H3. The fraction of sp³-hybridized carbons (Fsp3) is 0.538. The number of halogens is 1. The first kappa shape index (κ1) is 13.7. The summed E-state index contributed by atoms with van der Waals surface area (Å²) in [6, 6.07) is 8.56. The normalized spacial score (nSPS) is 12.7. The minimum atomic E-state index is 0.270. The van der Waals surface area contributed by atoms with Gasteiger partial charge in [0, 0.05) is 11.1 Å². The molecule has 1 atom stereocenters. The summed E-state index contributed by atoms with van der Waals surface area (Å²) in [6.07, 6.45) is 1.06. The van der Waals surface area contributed by atoms with E-state index in [0.717, 1.165) is 30.7 Å². The second-order valence-corrected chi connectivity index (χ2v) is 4.56. The molecule has 0 fully saturated rings. The van der Waals surface area contributed by atoms with E-state index in [1.807, 2.05) is 6.07 Å². The van der Waals surface area contributed by atoms with Gasteiger partial charge < -0.3 is 10.1 Å². The summed E-state index contributed by atoms with van der Waals surface area (Å²) in [4.78, 5) is 0. The Hall–Kier alpha value is -0.380. The largest absolute Gasteiger partial charge is 0.379 e. The van der Waals surface area contributed by atoms with Crippen molar-refractivity contribution in [1.82, 2.24) is 5.32 Å². The maximum atomic E-state index is 5.62. The molecule has 0 saturated heterocycles. The molecule has 0 bridgehead atoms. The van der Waals surface area contributed by atoms with Crippen molar-refractivity contribution in [3.63, 3.8) is 0 Å². The highest BCUT2D eigenvalue weighted by Crippen LogP contribution is 2.23. The minimum absolute atomic E-state index is 0.270. The van der Waals surface area contributed by atoms with Gasteiger partial charge in [0.05, 0.1) is 12.6 Å². The third kappa shape index (κ3) is 4.24. The van der Waals surface area contributed by atoms with Gasteiger partial charge in [0.1, 0.15) is 0 Å². The van der Waals surface area contributed by atoms with E-state index in [0.29, 0.717) is 0 Å². The van der Waals surface area contributed by atoms with Crippen LogP contribution in [-0.2, 0) is 4.74 Å². The smallest absolute Gasteiger partial charge is 0.0661 e. The van der Waals surface area contributed by atoms with Crippen LogP contribution >= 0.6 is 15.9 Å². The van der Waals surface area contributed by atoms with Crippen molar-refractivity contribution >= 4 is 15.9 Å². The zero-order valence-corrected chi connectivity index (χ0v) is 11.6. The van der Waals surface area contributed by atoms with Crippen molar-refractivity contribution in [2.45, 2.75) is 26.3 Å². The van der Waals surface area contributed by atoms with Crippen LogP contribution in [0.4, 0.5) is 0 Å². The summed E-state index contributed by atoms with van der Waals surface area (Å²) < 4.78 is 6.76. The number of hydrogen-bond acceptors (Lipinski definition) is 2. The molecule has 16 heavy (non-hydrogen) atoms. The second-order valence-electron chi connectivity index (χ2n) is 3.71. The number of hydrogen-bond donors (Lipinski definition) is 1. The van der Waals surface area contributed by atoms with Crippen LogP contribution < -0.4 is 5.32 Å². The first-order valence-electron chi connectivity index (χ1n) is 5.85. The lowest BCUT2D eigenvalue weighted by molar-refractivity contribution is 0.112. The monoisotopic (exact) mass is 285 g/mol. The van der Waals surface area contributed by atoms with Gasteiger partial charge in [-0.1, -0.05) is 48.0 Å². The van der Waals surface area contributed by atoms with Crippen molar-refractivity contribution in [3.8, 4) is 0 Å². The van der Waals surface area contributed by atoms with Crippen LogP contribution in [0.25, 0.3) is 0 Å². The van der Waals surface area contributed by atoms with Gasteiger partial charge in [-0.05, 0) is 24.6 Å². The summed E-state index contributed by atoms with van der Waals surface area (Å²) in [5.74, 6) is 0. The highest BCUT2D eigenvalue weighted by atomic mass is 79.9. The van der Waals surface area contributed by atoms with Crippen LogP contribution in [0, 0.1) is 0 Å². The predicted octanol–water partition coefficient (Wildman–Crippen LogP) is 3.53. The Morgan fingerprint density at radius 2 is 2.06 bits per heavy atom. The quantitative estimate of drug-likeness (QED) is 0.774. The van der Waals surface area contributed by atoms with Crippen molar-refractivity contribution in [2.24, 2.45) is 0 Å². The molecule has 0 aliphatic heterocycles. The Morgan fingerprint density at radius 1 is 1.31 bits per heavy atom. The van der Waals surface area contributed by atoms with Crippen molar-refractivity contribution in [3.05, 3.63) is 34.3 Å². The third-order valence-corrected chi connectivity index (χ3v) is 3.09. The van der Waals surface area contributed by atoms with E-state index >= 15 is 0 Å². The summed E-state index contributed by atoms with van der Waals surface area (Å²) in [5.41, 5.74) is 1.26. The molecule has 0 aliphatic rings. The van der Waals surface area contributed by atoms with Crippen LogP contribution in [0.5, 0.6) is 0 Å². The Morgan fingerprint density at radius 3 is 2.69 bits per heavy atom. The average Bonchev–Trinajstić information content (AvgIpc) is 2.29. The van der Waals surface area contributed by atoms with E-state index in [4.69, 9.17) is 4.74 Å². The van der Waals surface area contributed by atoms with Gasteiger partial charge in [-0.25, -0.2) is 0 Å². The molecule has 1 aromatic rings. The number of likely N-dealkylation sites (N-methyl/N-ethyl adjacent to an activating group) is 1. The first-order valence-corrected chi connectivity index (χ1v) is 6.64. The van der Waals surface area contributed by atoms with Crippen LogP contribution in [-0.4, -0.2) is 19.8 Å². The molecule has 3 heteroatoms. The number of ether oxygens (including phenoxy) is 1. The molecular formula is C13H20BrNO. The minimum Gasteiger partial charge on any atom is -0.379 e. The maximum absolute atomic E-state index is 5.62. The van der Waals surface area contributed by atoms with Gasteiger partial charge in [-0.3, -0.25) is 0 Å². The third-order valence-electron chi connectivity index (χ3n) is 2.36. The molecule has 0 radical (unpaired) electrons. The van der Waals surface area contributed by atoms with E-state index in [-0.39, 0.29) is 6.04 Å². The molecule has 1 unspecified atom stereocenters. The van der Waals surface area contributed by atoms with Gasteiger partial charge in [-0.15, -0.1) is 0 Å². The fourth-order valence-corrected chi connectivity index (χ4v) is 2.17. The lowest BCUT2D eigenvalue weighted by Gasteiger charge is -2.19. The number of benzene rings is 1. The van der Waals surface area contributed by atoms with E-state index in [1.165, 1.54) is 5.56 Å². The lowest BCUT2D eigenvalue weighted by atomic mass is 10.1. The lowest BCUT2D eigenvalue weighted by Crippen LogP contribution is -2.25. The highest BCUT2D eigenvalue weighted by molar-refractivity contribution is 9.10. The maximum Gasteiger partial charge on any atom is 0.0661 e. The molecule has 1 N–H and O–H groups in total. The topological polar surface area (TPSA) is 21.3 Å². The molecule has 0 heterocycles. The van der Waals surface area contributed by atoms with E-state index in [2.05, 4.69) is 53.3 Å². The molecule has 90 valence electrons. The van der Waals surface area contributed by atoms with Crippen LogP contribution in [0.1, 0.15) is 31.9 Å². The molecule has 2 nitrogen and oxygen atoms in total. The molecule has 0 aromatic heterocycles. The number of rotatable bonds is 7. The molecule has 1 aromatic carbocycles. The Balaban J connectivity index is 2.65. The van der Waals surface area contributed by atoms with Gasteiger partial charge in [-0.2, -0.15) is 0 Å². The SMILES string of the molecule is CCCOCC(NCC)c1ccccc1Br. The van der Waals surface area contributed by atoms with E-state index < -0.39 is 0 Å². The molecule has 0 aliphatic carbocycles. The van der Waals surface area contributed by atoms with Gasteiger partial charge in [0.25, 0.3) is 0 Å². The highest BCUT2D eigenvalue weighted by Gasteiger charge is 2.12. The summed E-state index contributed by atoms with van der Waals surface area (Å²) in [6.45, 7) is 6.74. The van der Waals surface area contributed by atoms with Gasteiger partial charge in [0.2, 0.25) is 0 Å². The predicted molar refractivity (Wildman–Crippen MR) is 71.7 cm³/mol. The first-order chi connectivity index (χ1) is 7.79. The molecule has 0 saturated carbocycles. The van der Waals surface area contributed by atoms with Crippen LogP contribution in [0.15, 0.2) is 28.7 Å².